The first-order valence-corrected chi connectivity index (χ1v) is 5.65. The zero-order valence-corrected chi connectivity index (χ0v) is 10.5. The first-order chi connectivity index (χ1) is 9.52. The summed E-state index contributed by atoms with van der Waals surface area (Å²) in [6, 6.07) is 7.53. The van der Waals surface area contributed by atoms with Gasteiger partial charge in [-0.05, 0) is 24.3 Å². The van der Waals surface area contributed by atoms with Crippen LogP contribution in [0.15, 0.2) is 36.4 Å². The number of carbonyl (C=O) groups is 1. The van der Waals surface area contributed by atoms with Crippen LogP contribution >= 0.6 is 0 Å². The van der Waals surface area contributed by atoms with Gasteiger partial charge in [0.05, 0.1) is 24.0 Å². The lowest BCUT2D eigenvalue weighted by Gasteiger charge is -2.12. The zero-order valence-electron chi connectivity index (χ0n) is 10.5. The molecule has 0 fully saturated rings. The highest BCUT2D eigenvalue weighted by molar-refractivity contribution is 5.95. The Morgan fingerprint density at radius 1 is 1.20 bits per heavy atom. The number of anilines is 2. The standard InChI is InChI=1S/C14H11F2NO3/c1-20-8-5-6-12(11(16)7-8)17-13-9(14(18)19)3-2-4-10(13)15/h2-7,17H,1H3,(H,18,19). The minimum atomic E-state index is -1.30. The van der Waals surface area contributed by atoms with E-state index >= 15 is 0 Å². The Morgan fingerprint density at radius 3 is 2.55 bits per heavy atom. The van der Waals surface area contributed by atoms with Gasteiger partial charge >= 0.3 is 5.97 Å². The molecular weight excluding hydrogens is 268 g/mol. The van der Waals surface area contributed by atoms with Gasteiger partial charge in [-0.25, -0.2) is 13.6 Å². The summed E-state index contributed by atoms with van der Waals surface area (Å²) < 4.78 is 32.3. The van der Waals surface area contributed by atoms with Crippen molar-refractivity contribution < 1.29 is 23.4 Å². The molecule has 0 aliphatic rings. The quantitative estimate of drug-likeness (QED) is 0.900. The highest BCUT2D eigenvalue weighted by Crippen LogP contribution is 2.28. The van der Waals surface area contributed by atoms with E-state index in [9.17, 15) is 13.6 Å². The molecule has 0 aliphatic heterocycles. The normalized spacial score (nSPS) is 10.2. The van der Waals surface area contributed by atoms with Crippen LogP contribution in [0.4, 0.5) is 20.2 Å². The average molecular weight is 279 g/mol. The number of carboxylic acid groups (broad SMARTS) is 1. The molecule has 4 nitrogen and oxygen atoms in total. The number of carboxylic acids is 1. The van der Waals surface area contributed by atoms with Gasteiger partial charge < -0.3 is 15.2 Å². The van der Waals surface area contributed by atoms with E-state index in [4.69, 9.17) is 9.84 Å². The summed E-state index contributed by atoms with van der Waals surface area (Å²) >= 11 is 0. The number of para-hydroxylation sites is 1. The lowest BCUT2D eigenvalue weighted by Crippen LogP contribution is -2.05. The Hall–Kier alpha value is -2.63. The lowest BCUT2D eigenvalue weighted by molar-refractivity contribution is 0.0697. The van der Waals surface area contributed by atoms with Crippen molar-refractivity contribution in [3.8, 4) is 5.75 Å². The van der Waals surface area contributed by atoms with Gasteiger partial charge in [-0.3, -0.25) is 0 Å². The summed E-state index contributed by atoms with van der Waals surface area (Å²) in [5.74, 6) is -2.45. The minimum absolute atomic E-state index is 0.0431. The molecule has 2 rings (SSSR count). The molecule has 0 aliphatic carbocycles. The van der Waals surface area contributed by atoms with Gasteiger partial charge in [-0.1, -0.05) is 6.07 Å². The first-order valence-electron chi connectivity index (χ1n) is 5.65. The smallest absolute Gasteiger partial charge is 0.337 e. The van der Waals surface area contributed by atoms with Crippen LogP contribution in [0.1, 0.15) is 10.4 Å². The second-order valence-electron chi connectivity index (χ2n) is 3.94. The SMILES string of the molecule is COc1ccc(Nc2c(F)cccc2C(=O)O)c(F)c1. The van der Waals surface area contributed by atoms with Crippen molar-refractivity contribution in [2.24, 2.45) is 0 Å². The second-order valence-corrected chi connectivity index (χ2v) is 3.94. The summed E-state index contributed by atoms with van der Waals surface area (Å²) in [4.78, 5) is 11.0. The molecule has 0 atom stereocenters. The number of ether oxygens (including phenoxy) is 1. The highest BCUT2D eigenvalue weighted by atomic mass is 19.1. The van der Waals surface area contributed by atoms with E-state index in [0.29, 0.717) is 5.75 Å². The van der Waals surface area contributed by atoms with E-state index in [0.717, 1.165) is 12.1 Å². The number of rotatable bonds is 4. The first kappa shape index (κ1) is 13.8. The van der Waals surface area contributed by atoms with Crippen LogP contribution in [-0.4, -0.2) is 18.2 Å². The van der Waals surface area contributed by atoms with Gasteiger partial charge in [0.2, 0.25) is 0 Å². The summed E-state index contributed by atoms with van der Waals surface area (Å²) in [6.45, 7) is 0. The molecular formula is C14H11F2NO3. The molecule has 0 saturated carbocycles. The topological polar surface area (TPSA) is 58.6 Å². The molecule has 0 radical (unpaired) electrons. The molecule has 0 heterocycles. The number of halogens is 2. The molecule has 0 aromatic heterocycles. The van der Waals surface area contributed by atoms with Crippen LogP contribution in [0.25, 0.3) is 0 Å². The maximum absolute atomic E-state index is 13.8. The third-order valence-electron chi connectivity index (χ3n) is 2.68. The Morgan fingerprint density at radius 2 is 1.95 bits per heavy atom. The molecule has 2 N–H and O–H groups in total. The maximum Gasteiger partial charge on any atom is 0.337 e. The Labute approximate surface area is 113 Å². The van der Waals surface area contributed by atoms with Crippen LogP contribution in [0.2, 0.25) is 0 Å². The number of methoxy groups -OCH3 is 1. The predicted octanol–water partition coefficient (Wildman–Crippen LogP) is 3.42. The molecule has 0 unspecified atom stereocenters. The van der Waals surface area contributed by atoms with E-state index in [1.807, 2.05) is 0 Å². The minimum Gasteiger partial charge on any atom is -0.497 e. The van der Waals surface area contributed by atoms with Crippen LogP contribution in [0.3, 0.4) is 0 Å². The predicted molar refractivity (Wildman–Crippen MR) is 69.6 cm³/mol. The lowest BCUT2D eigenvalue weighted by atomic mass is 10.1. The average Bonchev–Trinajstić information content (AvgIpc) is 2.42. The molecule has 6 heteroatoms. The highest BCUT2D eigenvalue weighted by Gasteiger charge is 2.15. The monoisotopic (exact) mass is 279 g/mol. The fraction of sp³-hybridized carbons (Fsp3) is 0.0714. The number of aromatic carboxylic acids is 1. The number of hydrogen-bond donors (Lipinski definition) is 2. The van der Waals surface area contributed by atoms with E-state index in [2.05, 4.69) is 5.32 Å². The largest absolute Gasteiger partial charge is 0.497 e. The molecule has 0 amide bonds. The number of hydrogen-bond acceptors (Lipinski definition) is 3. The van der Waals surface area contributed by atoms with E-state index < -0.39 is 17.6 Å². The van der Waals surface area contributed by atoms with E-state index in [1.165, 1.54) is 31.4 Å². The van der Waals surface area contributed by atoms with Crippen LogP contribution < -0.4 is 10.1 Å². The van der Waals surface area contributed by atoms with E-state index in [1.54, 1.807) is 0 Å². The van der Waals surface area contributed by atoms with Crippen LogP contribution in [0.5, 0.6) is 5.75 Å². The third-order valence-corrected chi connectivity index (χ3v) is 2.68. The maximum atomic E-state index is 13.8. The van der Waals surface area contributed by atoms with Crippen molar-refractivity contribution in [2.45, 2.75) is 0 Å². The molecule has 0 bridgehead atoms. The summed E-state index contributed by atoms with van der Waals surface area (Å²) in [5, 5.41) is 11.5. The number of benzene rings is 2. The molecule has 20 heavy (non-hydrogen) atoms. The Balaban J connectivity index is 2.42. The van der Waals surface area contributed by atoms with Crippen molar-refractivity contribution in [3.63, 3.8) is 0 Å². The van der Waals surface area contributed by atoms with Gasteiger partial charge in [0, 0.05) is 6.07 Å². The fourth-order valence-corrected chi connectivity index (χ4v) is 1.69. The molecule has 2 aromatic rings. The summed E-state index contributed by atoms with van der Waals surface area (Å²) in [6.07, 6.45) is 0. The Kier molecular flexibility index (Phi) is 3.84. The Bertz CT molecular complexity index is 659. The number of nitrogens with one attached hydrogen (secondary N) is 1. The molecule has 104 valence electrons. The van der Waals surface area contributed by atoms with Gasteiger partial charge in [0.15, 0.2) is 0 Å². The van der Waals surface area contributed by atoms with Crippen LogP contribution in [0, 0.1) is 11.6 Å². The molecule has 0 saturated heterocycles. The molecule has 2 aromatic carbocycles. The van der Waals surface area contributed by atoms with Crippen molar-refractivity contribution in [2.75, 3.05) is 12.4 Å². The molecule has 0 spiro atoms. The zero-order chi connectivity index (χ0) is 14.7. The summed E-state index contributed by atoms with van der Waals surface area (Å²) in [7, 11) is 1.39. The van der Waals surface area contributed by atoms with Crippen LogP contribution in [-0.2, 0) is 0 Å². The van der Waals surface area contributed by atoms with Crippen molar-refractivity contribution in [3.05, 3.63) is 53.6 Å². The second kappa shape index (κ2) is 5.56. The third kappa shape index (κ3) is 2.69. The van der Waals surface area contributed by atoms with Crippen molar-refractivity contribution in [1.29, 1.82) is 0 Å². The van der Waals surface area contributed by atoms with Crippen molar-refractivity contribution in [1.82, 2.24) is 0 Å². The van der Waals surface area contributed by atoms with E-state index in [-0.39, 0.29) is 16.9 Å². The van der Waals surface area contributed by atoms with Gasteiger partial charge in [0.1, 0.15) is 17.4 Å². The van der Waals surface area contributed by atoms with Gasteiger partial charge in [-0.2, -0.15) is 0 Å². The van der Waals surface area contributed by atoms with Gasteiger partial charge in [0.25, 0.3) is 0 Å². The van der Waals surface area contributed by atoms with Crippen molar-refractivity contribution >= 4 is 17.3 Å². The summed E-state index contributed by atoms with van der Waals surface area (Å²) in [5.41, 5.74) is -0.609. The van der Waals surface area contributed by atoms with Gasteiger partial charge in [-0.15, -0.1) is 0 Å². The fourth-order valence-electron chi connectivity index (χ4n) is 1.69.